The van der Waals surface area contributed by atoms with E-state index in [2.05, 4.69) is 42.2 Å². The summed E-state index contributed by atoms with van der Waals surface area (Å²) in [4.78, 5) is 22.1. The number of benzene rings is 1. The molecule has 2 aromatic rings. The van der Waals surface area contributed by atoms with Crippen LogP contribution >= 0.6 is 0 Å². The molecule has 0 amide bonds. The lowest BCUT2D eigenvalue weighted by Crippen LogP contribution is -2.27. The van der Waals surface area contributed by atoms with Crippen molar-refractivity contribution in [3.63, 3.8) is 0 Å². The highest BCUT2D eigenvalue weighted by Gasteiger charge is 2.00. The molecule has 0 spiro atoms. The lowest BCUT2D eigenvalue weighted by atomic mass is 10.0. The van der Waals surface area contributed by atoms with Crippen LogP contribution < -0.4 is 11.0 Å². The van der Waals surface area contributed by atoms with Crippen molar-refractivity contribution in [2.75, 3.05) is 0 Å². The minimum Gasteiger partial charge on any atom is -0.302 e. The summed E-state index contributed by atoms with van der Waals surface area (Å²) in [5.74, 6) is 0. The Kier molecular flexibility index (Phi) is 3.46. The Balaban J connectivity index is 2.13. The summed E-state index contributed by atoms with van der Waals surface area (Å²) in [6.45, 7) is 4.14. The molecule has 94 valence electrons. The van der Waals surface area contributed by atoms with Gasteiger partial charge in [0, 0.05) is 11.8 Å². The molecule has 0 fully saturated rings. The number of aryl methyl sites for hydroxylation is 4. The van der Waals surface area contributed by atoms with Crippen molar-refractivity contribution < 1.29 is 0 Å². The number of rotatable bonds is 3. The van der Waals surface area contributed by atoms with E-state index >= 15 is 0 Å². The number of aromatic nitrogens is 2. The third kappa shape index (κ3) is 2.97. The second-order valence-corrected chi connectivity index (χ2v) is 4.61. The molecule has 0 aliphatic rings. The smallest absolute Gasteiger partial charge is 0.302 e. The molecule has 0 saturated carbocycles. The zero-order valence-corrected chi connectivity index (χ0v) is 10.5. The number of hydrogen-bond donors (Lipinski definition) is 2. The minimum atomic E-state index is -0.606. The molecule has 0 radical (unpaired) electrons. The van der Waals surface area contributed by atoms with E-state index in [9.17, 15) is 9.59 Å². The van der Waals surface area contributed by atoms with Gasteiger partial charge >= 0.3 is 5.56 Å². The molecule has 2 N–H and O–H groups in total. The molecule has 0 unspecified atom stereocenters. The molecule has 4 heteroatoms. The maximum atomic E-state index is 11.2. The van der Waals surface area contributed by atoms with E-state index in [0.717, 1.165) is 12.1 Å². The second kappa shape index (κ2) is 5.04. The molecule has 4 nitrogen and oxygen atoms in total. The Morgan fingerprint density at radius 3 is 2.17 bits per heavy atom. The second-order valence-electron chi connectivity index (χ2n) is 4.61. The zero-order valence-electron chi connectivity index (χ0n) is 10.5. The average Bonchev–Trinajstić information content (AvgIpc) is 2.29. The summed E-state index contributed by atoms with van der Waals surface area (Å²) >= 11 is 0. The molecule has 1 aromatic heterocycles. The molecular weight excluding hydrogens is 228 g/mol. The van der Waals surface area contributed by atoms with Crippen LogP contribution in [0.4, 0.5) is 0 Å². The Morgan fingerprint density at radius 1 is 0.889 bits per heavy atom. The highest BCUT2D eigenvalue weighted by molar-refractivity contribution is 5.29. The van der Waals surface area contributed by atoms with Crippen molar-refractivity contribution in [1.82, 2.24) is 10.2 Å². The first-order valence-corrected chi connectivity index (χ1v) is 5.92. The first-order valence-electron chi connectivity index (χ1n) is 5.92. The summed E-state index contributed by atoms with van der Waals surface area (Å²) in [5, 5.41) is 5.07. The van der Waals surface area contributed by atoms with Crippen LogP contribution in [0.5, 0.6) is 0 Å². The van der Waals surface area contributed by atoms with E-state index in [4.69, 9.17) is 0 Å². The van der Waals surface area contributed by atoms with Crippen LogP contribution in [0.15, 0.2) is 33.9 Å². The van der Waals surface area contributed by atoms with Gasteiger partial charge in [-0.25, -0.2) is 0 Å². The summed E-state index contributed by atoms with van der Waals surface area (Å²) in [6, 6.07) is 7.76. The third-order valence-electron chi connectivity index (χ3n) is 2.83. The average molecular weight is 244 g/mol. The van der Waals surface area contributed by atoms with Crippen LogP contribution in [0.25, 0.3) is 0 Å². The van der Waals surface area contributed by atoms with Gasteiger partial charge in [0.15, 0.2) is 0 Å². The largest absolute Gasteiger partial charge is 0.310 e. The van der Waals surface area contributed by atoms with Crippen LogP contribution in [0.2, 0.25) is 0 Å². The molecule has 18 heavy (non-hydrogen) atoms. The molecular formula is C14H16N2O2. The summed E-state index contributed by atoms with van der Waals surface area (Å²) in [6.07, 6.45) is 1.54. The van der Waals surface area contributed by atoms with Crippen molar-refractivity contribution in [2.45, 2.75) is 26.7 Å². The van der Waals surface area contributed by atoms with Crippen LogP contribution in [0.1, 0.15) is 22.4 Å². The fraction of sp³-hybridized carbons (Fsp3) is 0.286. The van der Waals surface area contributed by atoms with E-state index in [1.807, 2.05) is 0 Å². The van der Waals surface area contributed by atoms with Gasteiger partial charge in [0.1, 0.15) is 0 Å². The molecule has 0 saturated heterocycles. The normalized spacial score (nSPS) is 10.6. The maximum Gasteiger partial charge on any atom is 0.310 e. The van der Waals surface area contributed by atoms with Gasteiger partial charge in [0.05, 0.1) is 0 Å². The predicted molar refractivity (Wildman–Crippen MR) is 71.0 cm³/mol. The van der Waals surface area contributed by atoms with Crippen LogP contribution in [0.3, 0.4) is 0 Å². The minimum absolute atomic E-state index is 0.496. The van der Waals surface area contributed by atoms with Gasteiger partial charge in [-0.3, -0.25) is 14.7 Å². The van der Waals surface area contributed by atoms with E-state index in [-0.39, 0.29) is 0 Å². The van der Waals surface area contributed by atoms with E-state index in [1.54, 1.807) is 0 Å². The quantitative estimate of drug-likeness (QED) is 0.803. The van der Waals surface area contributed by atoms with Crippen molar-refractivity contribution >= 4 is 0 Å². The lowest BCUT2D eigenvalue weighted by Gasteiger charge is -2.05. The Labute approximate surface area is 105 Å². The first-order chi connectivity index (χ1) is 8.54. The van der Waals surface area contributed by atoms with Gasteiger partial charge in [-0.1, -0.05) is 29.3 Å². The fourth-order valence-corrected chi connectivity index (χ4v) is 2.09. The molecule has 0 aliphatic carbocycles. The molecule has 0 aliphatic heterocycles. The van der Waals surface area contributed by atoms with Crippen LogP contribution in [-0.2, 0) is 12.8 Å². The third-order valence-corrected chi connectivity index (χ3v) is 2.83. The summed E-state index contributed by atoms with van der Waals surface area (Å²) < 4.78 is 0. The monoisotopic (exact) mass is 244 g/mol. The van der Waals surface area contributed by atoms with Crippen molar-refractivity contribution in [3.8, 4) is 0 Å². The number of aromatic amines is 2. The van der Waals surface area contributed by atoms with Crippen LogP contribution in [0, 0.1) is 13.8 Å². The Morgan fingerprint density at radius 2 is 1.56 bits per heavy atom. The van der Waals surface area contributed by atoms with E-state index in [1.165, 1.54) is 22.8 Å². The van der Waals surface area contributed by atoms with Crippen molar-refractivity contribution in [2.24, 2.45) is 0 Å². The van der Waals surface area contributed by atoms with Gasteiger partial charge in [-0.15, -0.1) is 0 Å². The van der Waals surface area contributed by atoms with Gasteiger partial charge in [-0.05, 0) is 32.3 Å². The summed E-state index contributed by atoms with van der Waals surface area (Å²) in [7, 11) is 0. The maximum absolute atomic E-state index is 11.2. The van der Waals surface area contributed by atoms with Gasteiger partial charge < -0.3 is 5.10 Å². The number of hydrogen-bond acceptors (Lipinski definition) is 2. The lowest BCUT2D eigenvalue weighted by molar-refractivity contribution is 0.837. The predicted octanol–water partition coefficient (Wildman–Crippen LogP) is 1.47. The van der Waals surface area contributed by atoms with Gasteiger partial charge in [0.2, 0.25) is 5.43 Å². The molecule has 1 aromatic carbocycles. The first kappa shape index (κ1) is 12.4. The highest BCUT2D eigenvalue weighted by Crippen LogP contribution is 2.10. The summed E-state index contributed by atoms with van der Waals surface area (Å²) in [5.41, 5.74) is 3.35. The van der Waals surface area contributed by atoms with Crippen molar-refractivity contribution in [3.05, 3.63) is 67.2 Å². The molecule has 1 heterocycles. The van der Waals surface area contributed by atoms with Crippen molar-refractivity contribution in [1.29, 1.82) is 0 Å². The molecule has 0 bridgehead atoms. The topological polar surface area (TPSA) is 65.7 Å². The number of nitrogens with one attached hydrogen (secondary N) is 2. The van der Waals surface area contributed by atoms with E-state index < -0.39 is 11.0 Å². The number of H-pyrrole nitrogens is 2. The standard InChI is InChI=1S/C14H16N2O2/c1-9-5-10(2)7-11(6-9)3-4-12-8-13(17)14(18)16-15-12/h5-8H,3-4H2,1-2H3,(H,15,17)(H,16,18). The van der Waals surface area contributed by atoms with Crippen LogP contribution in [-0.4, -0.2) is 10.2 Å². The van der Waals surface area contributed by atoms with Gasteiger partial charge in [-0.2, -0.15) is 0 Å². The zero-order chi connectivity index (χ0) is 13.1. The van der Waals surface area contributed by atoms with Gasteiger partial charge in [0.25, 0.3) is 0 Å². The Hall–Kier alpha value is -2.10. The Bertz CT molecular complexity index is 648. The SMILES string of the molecule is Cc1cc(C)cc(CCc2cc(=O)c(=O)[nH][nH]2)c1. The molecule has 0 atom stereocenters. The van der Waals surface area contributed by atoms with E-state index in [0.29, 0.717) is 6.42 Å². The molecule has 2 rings (SSSR count). The fourth-order valence-electron chi connectivity index (χ4n) is 2.09. The highest BCUT2D eigenvalue weighted by atomic mass is 16.2.